The van der Waals surface area contributed by atoms with Gasteiger partial charge in [0.15, 0.2) is 5.69 Å². The molecule has 3 heterocycles. The van der Waals surface area contributed by atoms with E-state index in [-0.39, 0.29) is 5.41 Å². The Hall–Kier alpha value is -2.02. The first-order valence-corrected chi connectivity index (χ1v) is 7.16. The number of aromatic nitrogens is 4. The highest BCUT2D eigenvalue weighted by Gasteiger charge is 2.22. The number of pyridine rings is 1. The van der Waals surface area contributed by atoms with Gasteiger partial charge in [-0.1, -0.05) is 25.9 Å². The maximum atomic E-state index is 5.65. The maximum absolute atomic E-state index is 5.65. The van der Waals surface area contributed by atoms with E-state index in [1.54, 1.807) is 12.3 Å². The lowest BCUT2D eigenvalue weighted by Crippen LogP contribution is -2.09. The topological polar surface area (TPSA) is 77.8 Å². The molecule has 0 atom stereocenters. The molecule has 3 aromatic rings. The summed E-state index contributed by atoms with van der Waals surface area (Å²) in [6.07, 6.45) is 1.68. The minimum Gasteiger partial charge on any atom is -0.414 e. The summed E-state index contributed by atoms with van der Waals surface area (Å²) in [5.41, 5.74) is 1.13. The number of hydrogen-bond acceptors (Lipinski definition) is 6. The molecule has 6 nitrogen and oxygen atoms in total. The molecule has 0 spiro atoms. The number of halogens is 1. The van der Waals surface area contributed by atoms with Gasteiger partial charge in [-0.25, -0.2) is 4.98 Å². The van der Waals surface area contributed by atoms with Crippen LogP contribution in [0.25, 0.3) is 23.0 Å². The Kier molecular flexibility index (Phi) is 3.36. The Balaban J connectivity index is 1.96. The molecule has 108 valence electrons. The van der Waals surface area contributed by atoms with Gasteiger partial charge in [0.05, 0.1) is 5.56 Å². The van der Waals surface area contributed by atoms with Crippen molar-refractivity contribution in [2.45, 2.75) is 26.2 Å². The van der Waals surface area contributed by atoms with E-state index in [0.29, 0.717) is 22.1 Å². The van der Waals surface area contributed by atoms with Gasteiger partial charge in [0, 0.05) is 17.7 Å². The molecule has 3 rings (SSSR count). The fourth-order valence-corrected chi connectivity index (χ4v) is 2.13. The molecule has 0 bridgehead atoms. The molecule has 0 aromatic carbocycles. The van der Waals surface area contributed by atoms with E-state index in [4.69, 9.17) is 8.94 Å². The quantitative estimate of drug-likeness (QED) is 0.654. The molecule has 0 unspecified atom stereocenters. The zero-order chi connectivity index (χ0) is 15.0. The van der Waals surface area contributed by atoms with E-state index in [2.05, 4.69) is 36.3 Å². The fourth-order valence-electron chi connectivity index (χ4n) is 1.71. The maximum Gasteiger partial charge on any atom is 0.270 e. The first-order chi connectivity index (χ1) is 9.95. The molecule has 3 aromatic heterocycles. The largest absolute Gasteiger partial charge is 0.414 e. The van der Waals surface area contributed by atoms with Gasteiger partial charge in [-0.2, -0.15) is 0 Å². The van der Waals surface area contributed by atoms with Crippen molar-refractivity contribution in [2.75, 3.05) is 0 Å². The van der Waals surface area contributed by atoms with Gasteiger partial charge in [-0.15, -0.1) is 10.2 Å². The lowest BCUT2D eigenvalue weighted by molar-refractivity contribution is 0.329. The predicted molar refractivity (Wildman–Crippen MR) is 79.4 cm³/mol. The first kappa shape index (κ1) is 13.9. The minimum absolute atomic E-state index is 0.125. The molecule has 0 aliphatic rings. The Morgan fingerprint density at radius 3 is 2.57 bits per heavy atom. The van der Waals surface area contributed by atoms with Gasteiger partial charge in [-0.3, -0.25) is 0 Å². The second kappa shape index (κ2) is 5.07. The smallest absolute Gasteiger partial charge is 0.270 e. The third kappa shape index (κ3) is 2.73. The summed E-state index contributed by atoms with van der Waals surface area (Å²) in [6, 6.07) is 5.46. The van der Waals surface area contributed by atoms with Crippen LogP contribution in [0.3, 0.4) is 0 Å². The van der Waals surface area contributed by atoms with Gasteiger partial charge in [0.2, 0.25) is 0 Å². The van der Waals surface area contributed by atoms with E-state index < -0.39 is 0 Å². The average Bonchev–Trinajstić information content (AvgIpc) is 3.07. The Labute approximate surface area is 129 Å². The van der Waals surface area contributed by atoms with Crippen molar-refractivity contribution in [3.8, 4) is 23.0 Å². The zero-order valence-electron chi connectivity index (χ0n) is 11.8. The van der Waals surface area contributed by atoms with Crippen LogP contribution in [0.5, 0.6) is 0 Å². The van der Waals surface area contributed by atoms with Crippen LogP contribution in [0, 0.1) is 0 Å². The molecular formula is C14H13BrN4O2. The van der Waals surface area contributed by atoms with Crippen LogP contribution in [0.4, 0.5) is 0 Å². The van der Waals surface area contributed by atoms with Crippen molar-refractivity contribution in [1.82, 2.24) is 20.3 Å². The third-order valence-electron chi connectivity index (χ3n) is 2.88. The van der Waals surface area contributed by atoms with Crippen LogP contribution in [0.15, 0.2) is 37.9 Å². The highest BCUT2D eigenvalue weighted by atomic mass is 79.9. The molecule has 0 N–H and O–H groups in total. The fraction of sp³-hybridized carbons (Fsp3) is 0.286. The number of rotatable bonds is 2. The summed E-state index contributed by atoms with van der Waals surface area (Å²) < 4.78 is 11.6. The van der Waals surface area contributed by atoms with Gasteiger partial charge >= 0.3 is 0 Å². The van der Waals surface area contributed by atoms with Crippen LogP contribution in [-0.4, -0.2) is 20.3 Å². The SMILES string of the molecule is CC(C)(C)c1cc(-c2nnc(-c3cccnc3Br)o2)no1. The van der Waals surface area contributed by atoms with Crippen LogP contribution in [0.1, 0.15) is 26.5 Å². The van der Waals surface area contributed by atoms with E-state index >= 15 is 0 Å². The molecule has 0 fully saturated rings. The normalized spacial score (nSPS) is 11.8. The monoisotopic (exact) mass is 348 g/mol. The van der Waals surface area contributed by atoms with E-state index in [0.717, 1.165) is 11.3 Å². The molecule has 0 radical (unpaired) electrons. The van der Waals surface area contributed by atoms with Crippen molar-refractivity contribution in [2.24, 2.45) is 0 Å². The highest BCUT2D eigenvalue weighted by Crippen LogP contribution is 2.30. The van der Waals surface area contributed by atoms with Crippen molar-refractivity contribution in [1.29, 1.82) is 0 Å². The Bertz CT molecular complexity index is 773. The molecule has 0 aliphatic carbocycles. The van der Waals surface area contributed by atoms with Crippen LogP contribution in [-0.2, 0) is 5.41 Å². The standard InChI is InChI=1S/C14H13BrN4O2/c1-14(2,3)10-7-9(19-21-10)13-18-17-12(20-13)8-5-4-6-16-11(8)15/h4-7H,1-3H3. The predicted octanol–water partition coefficient (Wildman–Crippen LogP) is 3.85. The van der Waals surface area contributed by atoms with Gasteiger partial charge in [0.1, 0.15) is 10.4 Å². The van der Waals surface area contributed by atoms with E-state index in [1.807, 2.05) is 32.9 Å². The molecule has 0 amide bonds. The van der Waals surface area contributed by atoms with Gasteiger partial charge in [0.25, 0.3) is 11.8 Å². The minimum atomic E-state index is -0.125. The first-order valence-electron chi connectivity index (χ1n) is 6.37. The van der Waals surface area contributed by atoms with Crippen molar-refractivity contribution in [3.63, 3.8) is 0 Å². The Morgan fingerprint density at radius 2 is 1.90 bits per heavy atom. The lowest BCUT2D eigenvalue weighted by Gasteiger charge is -2.11. The summed E-state index contributed by atoms with van der Waals surface area (Å²) in [4.78, 5) is 4.13. The highest BCUT2D eigenvalue weighted by molar-refractivity contribution is 9.10. The van der Waals surface area contributed by atoms with Crippen molar-refractivity contribution >= 4 is 15.9 Å². The molecule has 0 saturated heterocycles. The molecule has 0 saturated carbocycles. The molecule has 0 aliphatic heterocycles. The van der Waals surface area contributed by atoms with Gasteiger partial charge in [-0.05, 0) is 28.1 Å². The van der Waals surface area contributed by atoms with Gasteiger partial charge < -0.3 is 8.94 Å². The van der Waals surface area contributed by atoms with Crippen molar-refractivity contribution in [3.05, 3.63) is 34.8 Å². The number of nitrogens with zero attached hydrogens (tertiary/aromatic N) is 4. The summed E-state index contributed by atoms with van der Waals surface area (Å²) >= 11 is 3.36. The third-order valence-corrected chi connectivity index (χ3v) is 3.51. The molecular weight excluding hydrogens is 336 g/mol. The van der Waals surface area contributed by atoms with E-state index in [9.17, 15) is 0 Å². The van der Waals surface area contributed by atoms with Crippen LogP contribution in [0.2, 0.25) is 0 Å². The second-order valence-corrected chi connectivity index (χ2v) is 6.33. The summed E-state index contributed by atoms with van der Waals surface area (Å²) in [7, 11) is 0. The lowest BCUT2D eigenvalue weighted by atomic mass is 9.93. The molecule has 21 heavy (non-hydrogen) atoms. The van der Waals surface area contributed by atoms with Crippen molar-refractivity contribution < 1.29 is 8.94 Å². The number of hydrogen-bond donors (Lipinski definition) is 0. The summed E-state index contributed by atoms with van der Waals surface area (Å²) in [6.45, 7) is 6.13. The average molecular weight is 349 g/mol. The second-order valence-electron chi connectivity index (χ2n) is 5.58. The summed E-state index contributed by atoms with van der Waals surface area (Å²) in [5, 5.41) is 12.0. The van der Waals surface area contributed by atoms with Crippen LogP contribution < -0.4 is 0 Å². The van der Waals surface area contributed by atoms with Crippen LogP contribution >= 0.6 is 15.9 Å². The zero-order valence-corrected chi connectivity index (χ0v) is 13.4. The van der Waals surface area contributed by atoms with E-state index in [1.165, 1.54) is 0 Å². The molecule has 7 heteroatoms. The summed E-state index contributed by atoms with van der Waals surface area (Å²) in [5.74, 6) is 1.46. The Morgan fingerprint density at radius 1 is 1.14 bits per heavy atom.